The third kappa shape index (κ3) is 4.18. The first-order valence-corrected chi connectivity index (χ1v) is 9.92. The van der Waals surface area contributed by atoms with Crippen LogP contribution in [0.15, 0.2) is 45.7 Å². The highest BCUT2D eigenvalue weighted by atomic mass is 19.4. The fourth-order valence-electron chi connectivity index (χ4n) is 3.93. The number of fused-ring (bicyclic) bond motifs is 1. The van der Waals surface area contributed by atoms with Gasteiger partial charge in [0.05, 0.1) is 5.56 Å². The molecule has 4 rings (SSSR count). The molecule has 8 heteroatoms. The van der Waals surface area contributed by atoms with Crippen molar-refractivity contribution in [2.24, 2.45) is 0 Å². The van der Waals surface area contributed by atoms with Crippen LogP contribution in [0.25, 0.3) is 11.0 Å². The Hall–Kier alpha value is -2.87. The minimum atomic E-state index is -4.35. The van der Waals surface area contributed by atoms with Crippen LogP contribution in [0.3, 0.4) is 0 Å². The molecule has 3 aromatic rings. The molecule has 0 aliphatic carbocycles. The molecule has 2 N–H and O–H groups in total. The van der Waals surface area contributed by atoms with E-state index >= 15 is 0 Å². The Bertz CT molecular complexity index is 1120. The number of hydrogen-bond donors (Lipinski definition) is 1. The second-order valence-electron chi connectivity index (χ2n) is 7.90. The van der Waals surface area contributed by atoms with Crippen LogP contribution in [-0.4, -0.2) is 26.2 Å². The molecule has 1 aromatic carbocycles. The molecule has 1 aliphatic rings. The van der Waals surface area contributed by atoms with Crippen molar-refractivity contribution in [3.05, 3.63) is 69.2 Å². The lowest BCUT2D eigenvalue weighted by Crippen LogP contribution is -3.13. The molecule has 0 spiro atoms. The number of pyridine rings is 1. The third-order valence-electron chi connectivity index (χ3n) is 5.82. The second-order valence-corrected chi connectivity index (χ2v) is 7.90. The van der Waals surface area contributed by atoms with E-state index < -0.39 is 11.7 Å². The van der Waals surface area contributed by atoms with Gasteiger partial charge in [-0.1, -0.05) is 0 Å². The summed E-state index contributed by atoms with van der Waals surface area (Å²) in [6.45, 7) is 7.81. The maximum atomic E-state index is 12.7. The summed E-state index contributed by atoms with van der Waals surface area (Å²) in [5.74, 6) is 0.680. The summed E-state index contributed by atoms with van der Waals surface area (Å²) in [5.41, 5.74) is 2.77. The predicted octanol–water partition coefficient (Wildman–Crippen LogP) is 2.15. The first-order chi connectivity index (χ1) is 14.2. The van der Waals surface area contributed by atoms with Gasteiger partial charge >= 0.3 is 11.8 Å². The first kappa shape index (κ1) is 20.4. The molecular formula is C22H24F3N3O2+2. The molecule has 1 saturated heterocycles. The molecule has 5 nitrogen and oxygen atoms in total. The number of nitrogens with zero attached hydrogens (tertiary/aromatic N) is 1. The van der Waals surface area contributed by atoms with E-state index in [9.17, 15) is 18.0 Å². The maximum Gasteiger partial charge on any atom is 0.419 e. The largest absolute Gasteiger partial charge is 0.423 e. The molecular weight excluding hydrogens is 395 g/mol. The number of hydrogen-bond acceptors (Lipinski definition) is 3. The van der Waals surface area contributed by atoms with Crippen molar-refractivity contribution < 1.29 is 27.5 Å². The standard InChI is InChI=1S/C22H22F3N3O2/c1-14-9-18-16(11-21(29)30-19(18)10-15(14)2)13-27-5-7-28(8-6-27)20-4-3-17(12-26-20)22(23,24)25/h3-4,9-12H,5-8,13H2,1-2H3/p+2. The summed E-state index contributed by atoms with van der Waals surface area (Å²) in [6.07, 6.45) is -3.34. The van der Waals surface area contributed by atoms with Crippen molar-refractivity contribution in [2.45, 2.75) is 26.6 Å². The first-order valence-electron chi connectivity index (χ1n) is 9.92. The van der Waals surface area contributed by atoms with Crippen molar-refractivity contribution in [2.75, 3.05) is 31.1 Å². The van der Waals surface area contributed by atoms with Crippen molar-refractivity contribution in [3.8, 4) is 0 Å². The van der Waals surface area contributed by atoms with E-state index in [-0.39, 0.29) is 5.63 Å². The number of nitrogens with one attached hydrogen (secondary N) is 2. The zero-order valence-corrected chi connectivity index (χ0v) is 16.9. The average Bonchev–Trinajstić information content (AvgIpc) is 2.69. The predicted molar refractivity (Wildman–Crippen MR) is 107 cm³/mol. The highest BCUT2D eigenvalue weighted by Gasteiger charge is 2.33. The van der Waals surface area contributed by atoms with Crippen LogP contribution in [0.2, 0.25) is 0 Å². The van der Waals surface area contributed by atoms with Crippen LogP contribution in [-0.2, 0) is 12.7 Å². The topological polar surface area (TPSA) is 52.0 Å². The van der Waals surface area contributed by atoms with Crippen LogP contribution in [0.1, 0.15) is 22.3 Å². The molecule has 30 heavy (non-hydrogen) atoms. The van der Waals surface area contributed by atoms with Crippen LogP contribution in [0.4, 0.5) is 19.0 Å². The quantitative estimate of drug-likeness (QED) is 0.662. The molecule has 1 fully saturated rings. The van der Waals surface area contributed by atoms with Gasteiger partial charge < -0.3 is 9.32 Å². The number of aromatic amines is 1. The molecule has 158 valence electrons. The molecule has 0 atom stereocenters. The number of benzene rings is 1. The zero-order chi connectivity index (χ0) is 21.5. The number of quaternary nitrogens is 1. The van der Waals surface area contributed by atoms with Crippen LogP contribution >= 0.6 is 0 Å². The molecule has 0 bridgehead atoms. The van der Waals surface area contributed by atoms with Crippen LogP contribution in [0, 0.1) is 13.8 Å². The summed E-state index contributed by atoms with van der Waals surface area (Å²) >= 11 is 0. The molecule has 0 unspecified atom stereocenters. The van der Waals surface area contributed by atoms with Gasteiger partial charge in [-0.15, -0.1) is 0 Å². The number of rotatable bonds is 3. The highest BCUT2D eigenvalue weighted by Crippen LogP contribution is 2.28. The summed E-state index contributed by atoms with van der Waals surface area (Å²) in [7, 11) is 0. The van der Waals surface area contributed by atoms with Crippen molar-refractivity contribution in [1.82, 2.24) is 0 Å². The van der Waals surface area contributed by atoms with Gasteiger partial charge in [-0.25, -0.2) is 9.78 Å². The van der Waals surface area contributed by atoms with Gasteiger partial charge in [0.1, 0.15) is 44.5 Å². The third-order valence-corrected chi connectivity index (χ3v) is 5.82. The Morgan fingerprint density at radius 2 is 1.80 bits per heavy atom. The normalized spacial score (nSPS) is 15.7. The van der Waals surface area contributed by atoms with Gasteiger partial charge in [-0.3, -0.25) is 4.90 Å². The summed E-state index contributed by atoms with van der Waals surface area (Å²) in [5, 5.41) is 0.962. The Balaban J connectivity index is 1.47. The van der Waals surface area contributed by atoms with Gasteiger partial charge in [0.2, 0.25) is 0 Å². The van der Waals surface area contributed by atoms with Crippen molar-refractivity contribution >= 4 is 16.8 Å². The Morgan fingerprint density at radius 3 is 2.43 bits per heavy atom. The minimum absolute atomic E-state index is 0.349. The van der Waals surface area contributed by atoms with E-state index in [0.717, 1.165) is 47.4 Å². The molecule has 0 saturated carbocycles. The molecule has 1 aliphatic heterocycles. The number of H-pyrrole nitrogens is 1. The number of anilines is 1. The van der Waals surface area contributed by atoms with Gasteiger partial charge in [0, 0.05) is 23.1 Å². The SMILES string of the molecule is Cc1cc2oc(=O)cc(C[NH+]3CCN(c4ccc(C(F)(F)F)c[nH+]4)CC3)c2cc1C. The number of piperazine rings is 1. The Labute approximate surface area is 171 Å². The fourth-order valence-corrected chi connectivity index (χ4v) is 3.93. The van der Waals surface area contributed by atoms with E-state index in [2.05, 4.69) is 16.0 Å². The molecule has 2 aromatic heterocycles. The fraction of sp³-hybridized carbons (Fsp3) is 0.364. The van der Waals surface area contributed by atoms with Crippen molar-refractivity contribution in [1.29, 1.82) is 0 Å². The van der Waals surface area contributed by atoms with E-state index in [0.29, 0.717) is 31.0 Å². The van der Waals surface area contributed by atoms with Gasteiger partial charge in [-0.2, -0.15) is 13.2 Å². The summed E-state index contributed by atoms with van der Waals surface area (Å²) in [4.78, 5) is 18.1. The van der Waals surface area contributed by atoms with E-state index in [1.54, 1.807) is 6.07 Å². The Kier molecular flexibility index (Phi) is 5.27. The molecule has 0 amide bonds. The lowest BCUT2D eigenvalue weighted by atomic mass is 10.0. The zero-order valence-electron chi connectivity index (χ0n) is 16.9. The molecule has 3 heterocycles. The van der Waals surface area contributed by atoms with Crippen LogP contribution in [0.5, 0.6) is 0 Å². The highest BCUT2D eigenvalue weighted by molar-refractivity contribution is 5.81. The van der Waals surface area contributed by atoms with Crippen LogP contribution < -0.4 is 20.4 Å². The lowest BCUT2D eigenvalue weighted by molar-refractivity contribution is -0.914. The number of aromatic nitrogens is 1. The van der Waals surface area contributed by atoms with E-state index in [1.165, 1.54) is 11.0 Å². The summed E-state index contributed by atoms with van der Waals surface area (Å²) in [6, 6.07) is 8.12. The van der Waals surface area contributed by atoms with Gasteiger partial charge in [-0.05, 0) is 43.2 Å². The monoisotopic (exact) mass is 419 g/mol. The molecule has 0 radical (unpaired) electrons. The smallest absolute Gasteiger partial charge is 0.419 e. The number of halogens is 3. The van der Waals surface area contributed by atoms with Gasteiger partial charge in [0.15, 0.2) is 0 Å². The maximum absolute atomic E-state index is 12.7. The average molecular weight is 419 g/mol. The second kappa shape index (κ2) is 7.75. The number of alkyl halides is 3. The van der Waals surface area contributed by atoms with Crippen molar-refractivity contribution in [3.63, 3.8) is 0 Å². The minimum Gasteiger partial charge on any atom is -0.423 e. The number of aryl methyl sites for hydroxylation is 2. The summed E-state index contributed by atoms with van der Waals surface area (Å²) < 4.78 is 43.6. The van der Waals surface area contributed by atoms with E-state index in [1.807, 2.05) is 19.9 Å². The Morgan fingerprint density at radius 1 is 1.10 bits per heavy atom. The lowest BCUT2D eigenvalue weighted by Gasteiger charge is -2.28. The van der Waals surface area contributed by atoms with E-state index in [4.69, 9.17) is 4.42 Å². The van der Waals surface area contributed by atoms with Gasteiger partial charge in [0.25, 0.3) is 5.82 Å².